The summed E-state index contributed by atoms with van der Waals surface area (Å²) >= 11 is 1.58. The van der Waals surface area contributed by atoms with E-state index in [1.54, 1.807) is 29.5 Å². The van der Waals surface area contributed by atoms with Gasteiger partial charge in [-0.2, -0.15) is 0 Å². The Kier molecular flexibility index (Phi) is 6.12. The molecular formula is C20H23N3O3S2. The van der Waals surface area contributed by atoms with Crippen LogP contribution in [0.15, 0.2) is 41.3 Å². The van der Waals surface area contributed by atoms with E-state index in [1.807, 2.05) is 39.0 Å². The van der Waals surface area contributed by atoms with Crippen molar-refractivity contribution in [2.24, 2.45) is 0 Å². The van der Waals surface area contributed by atoms with Crippen LogP contribution in [-0.2, 0) is 14.8 Å². The van der Waals surface area contributed by atoms with Crippen molar-refractivity contribution in [2.75, 3.05) is 11.9 Å². The van der Waals surface area contributed by atoms with Gasteiger partial charge in [-0.25, -0.2) is 18.1 Å². The third kappa shape index (κ3) is 4.95. The summed E-state index contributed by atoms with van der Waals surface area (Å²) < 4.78 is 28.3. The Morgan fingerprint density at radius 2 is 1.86 bits per heavy atom. The predicted molar refractivity (Wildman–Crippen MR) is 113 cm³/mol. The van der Waals surface area contributed by atoms with Crippen LogP contribution < -0.4 is 10.0 Å². The quantitative estimate of drug-likeness (QED) is 0.570. The van der Waals surface area contributed by atoms with Gasteiger partial charge in [-0.3, -0.25) is 4.79 Å². The average molecular weight is 418 g/mol. The van der Waals surface area contributed by atoms with E-state index in [9.17, 15) is 13.2 Å². The highest BCUT2D eigenvalue weighted by Gasteiger charge is 2.14. The first kappa shape index (κ1) is 20.4. The standard InChI is InChI=1S/C20H23N3O3S2/c1-13-6-8-17(11-14(13)2)28(25,26)21-10-4-5-20(24)23-16-7-9-18-19(12-16)27-15(3)22-18/h6-9,11-12,21H,4-5,10H2,1-3H3,(H,23,24). The molecule has 8 heteroatoms. The van der Waals surface area contributed by atoms with Crippen molar-refractivity contribution in [2.45, 2.75) is 38.5 Å². The van der Waals surface area contributed by atoms with Gasteiger partial charge < -0.3 is 5.32 Å². The second-order valence-electron chi connectivity index (χ2n) is 6.71. The molecule has 0 radical (unpaired) electrons. The summed E-state index contributed by atoms with van der Waals surface area (Å²) in [5.74, 6) is -0.147. The number of thiazole rings is 1. The van der Waals surface area contributed by atoms with Crippen LogP contribution in [0.3, 0.4) is 0 Å². The fraction of sp³-hybridized carbons (Fsp3) is 0.300. The van der Waals surface area contributed by atoms with E-state index in [-0.39, 0.29) is 23.8 Å². The number of nitrogens with one attached hydrogen (secondary N) is 2. The number of fused-ring (bicyclic) bond motifs is 1. The molecule has 1 heterocycles. The highest BCUT2D eigenvalue weighted by molar-refractivity contribution is 7.89. The summed E-state index contributed by atoms with van der Waals surface area (Å²) in [6, 6.07) is 10.6. The van der Waals surface area contributed by atoms with Crippen LogP contribution in [0.5, 0.6) is 0 Å². The second kappa shape index (κ2) is 8.38. The highest BCUT2D eigenvalue weighted by atomic mass is 32.2. The Hall–Kier alpha value is -2.29. The third-order valence-electron chi connectivity index (χ3n) is 4.44. The number of hydrogen-bond acceptors (Lipinski definition) is 5. The molecule has 0 bridgehead atoms. The van der Waals surface area contributed by atoms with Gasteiger partial charge >= 0.3 is 0 Å². The van der Waals surface area contributed by atoms with E-state index in [4.69, 9.17) is 0 Å². The van der Waals surface area contributed by atoms with E-state index in [0.717, 1.165) is 32.0 Å². The van der Waals surface area contributed by atoms with Gasteiger partial charge in [-0.1, -0.05) is 6.07 Å². The highest BCUT2D eigenvalue weighted by Crippen LogP contribution is 2.24. The number of amides is 1. The van der Waals surface area contributed by atoms with Crippen molar-refractivity contribution in [3.8, 4) is 0 Å². The molecule has 0 spiro atoms. The van der Waals surface area contributed by atoms with Crippen LogP contribution in [-0.4, -0.2) is 25.9 Å². The normalized spacial score (nSPS) is 11.7. The smallest absolute Gasteiger partial charge is 0.240 e. The Morgan fingerprint density at radius 3 is 2.61 bits per heavy atom. The van der Waals surface area contributed by atoms with Gasteiger partial charge in [0, 0.05) is 18.7 Å². The van der Waals surface area contributed by atoms with Crippen LogP contribution in [0, 0.1) is 20.8 Å². The van der Waals surface area contributed by atoms with Crippen LogP contribution in [0.1, 0.15) is 29.0 Å². The van der Waals surface area contributed by atoms with E-state index in [2.05, 4.69) is 15.0 Å². The largest absolute Gasteiger partial charge is 0.326 e. The Morgan fingerprint density at radius 1 is 1.07 bits per heavy atom. The van der Waals surface area contributed by atoms with Gasteiger partial charge in [0.2, 0.25) is 15.9 Å². The fourth-order valence-electron chi connectivity index (χ4n) is 2.76. The molecule has 0 fully saturated rings. The van der Waals surface area contributed by atoms with E-state index in [1.165, 1.54) is 0 Å². The van der Waals surface area contributed by atoms with Gasteiger partial charge in [-0.15, -0.1) is 11.3 Å². The zero-order valence-electron chi connectivity index (χ0n) is 16.1. The number of carbonyl (C=O) groups excluding carboxylic acids is 1. The number of anilines is 1. The van der Waals surface area contributed by atoms with Crippen LogP contribution >= 0.6 is 11.3 Å². The molecule has 0 aliphatic carbocycles. The lowest BCUT2D eigenvalue weighted by Gasteiger charge is -2.09. The summed E-state index contributed by atoms with van der Waals surface area (Å²) in [6.07, 6.45) is 0.646. The molecule has 1 aromatic heterocycles. The monoisotopic (exact) mass is 417 g/mol. The lowest BCUT2D eigenvalue weighted by atomic mass is 10.1. The zero-order valence-corrected chi connectivity index (χ0v) is 17.7. The molecule has 0 aliphatic heterocycles. The fourth-order valence-corrected chi connectivity index (χ4v) is 4.79. The van der Waals surface area contributed by atoms with Crippen LogP contribution in [0.25, 0.3) is 10.2 Å². The predicted octanol–water partition coefficient (Wildman–Crippen LogP) is 3.92. The number of sulfonamides is 1. The van der Waals surface area contributed by atoms with Crippen molar-refractivity contribution in [3.05, 3.63) is 52.5 Å². The number of aryl methyl sites for hydroxylation is 3. The van der Waals surface area contributed by atoms with Crippen molar-refractivity contribution in [1.82, 2.24) is 9.71 Å². The molecule has 0 saturated heterocycles. The number of rotatable bonds is 7. The Balaban J connectivity index is 1.49. The van der Waals surface area contributed by atoms with Gasteiger partial charge in [0.25, 0.3) is 0 Å². The lowest BCUT2D eigenvalue weighted by Crippen LogP contribution is -2.26. The summed E-state index contributed by atoms with van der Waals surface area (Å²) in [7, 11) is -3.57. The van der Waals surface area contributed by atoms with Crippen molar-refractivity contribution in [1.29, 1.82) is 0 Å². The molecule has 2 N–H and O–H groups in total. The molecule has 0 atom stereocenters. The van der Waals surface area contributed by atoms with Crippen molar-refractivity contribution >= 4 is 43.2 Å². The Bertz CT molecular complexity index is 1120. The molecule has 1 amide bonds. The summed E-state index contributed by atoms with van der Waals surface area (Å²) in [5, 5.41) is 3.83. The molecule has 6 nitrogen and oxygen atoms in total. The number of benzene rings is 2. The van der Waals surface area contributed by atoms with Gasteiger partial charge in [0.15, 0.2) is 0 Å². The molecule has 3 rings (SSSR count). The van der Waals surface area contributed by atoms with Gasteiger partial charge in [0.1, 0.15) is 0 Å². The third-order valence-corrected chi connectivity index (χ3v) is 6.83. The first-order valence-corrected chi connectivity index (χ1v) is 11.3. The minimum atomic E-state index is -3.57. The van der Waals surface area contributed by atoms with E-state index >= 15 is 0 Å². The first-order valence-electron chi connectivity index (χ1n) is 8.98. The van der Waals surface area contributed by atoms with E-state index in [0.29, 0.717) is 6.42 Å². The molecule has 148 valence electrons. The SMILES string of the molecule is Cc1nc2ccc(NC(=O)CCCNS(=O)(=O)c3ccc(C)c(C)c3)cc2s1. The molecule has 28 heavy (non-hydrogen) atoms. The number of carbonyl (C=O) groups is 1. The maximum atomic E-state index is 12.3. The Labute approximate surface area is 169 Å². The molecule has 0 saturated carbocycles. The minimum absolute atomic E-state index is 0.147. The average Bonchev–Trinajstić information content (AvgIpc) is 3.00. The summed E-state index contributed by atoms with van der Waals surface area (Å²) in [6.45, 7) is 5.97. The maximum Gasteiger partial charge on any atom is 0.240 e. The zero-order chi connectivity index (χ0) is 20.3. The number of aromatic nitrogens is 1. The molecule has 0 aliphatic rings. The lowest BCUT2D eigenvalue weighted by molar-refractivity contribution is -0.116. The van der Waals surface area contributed by atoms with Crippen molar-refractivity contribution < 1.29 is 13.2 Å². The minimum Gasteiger partial charge on any atom is -0.326 e. The molecule has 0 unspecified atom stereocenters. The number of hydrogen-bond donors (Lipinski definition) is 2. The molecule has 2 aromatic carbocycles. The summed E-state index contributed by atoms with van der Waals surface area (Å²) in [4.78, 5) is 16.8. The molecule has 3 aromatic rings. The topological polar surface area (TPSA) is 88.2 Å². The van der Waals surface area contributed by atoms with Crippen LogP contribution in [0.4, 0.5) is 5.69 Å². The number of nitrogens with zero attached hydrogens (tertiary/aromatic N) is 1. The van der Waals surface area contributed by atoms with Gasteiger partial charge in [-0.05, 0) is 68.7 Å². The maximum absolute atomic E-state index is 12.3. The van der Waals surface area contributed by atoms with Crippen molar-refractivity contribution in [3.63, 3.8) is 0 Å². The van der Waals surface area contributed by atoms with Crippen LogP contribution in [0.2, 0.25) is 0 Å². The van der Waals surface area contributed by atoms with Gasteiger partial charge in [0.05, 0.1) is 20.1 Å². The molecular weight excluding hydrogens is 394 g/mol. The summed E-state index contributed by atoms with van der Waals surface area (Å²) in [5.41, 5.74) is 3.61. The van der Waals surface area contributed by atoms with E-state index < -0.39 is 10.0 Å². The first-order chi connectivity index (χ1) is 13.2. The second-order valence-corrected chi connectivity index (χ2v) is 9.71.